The summed E-state index contributed by atoms with van der Waals surface area (Å²) in [5.41, 5.74) is 2.60. The standard InChI is InChI=1S/C12H14N2O3/c1-7-10(6-13-15)14-9-4-8(16-2)5-11(17-3)12(7)9/h4-6,14-15H,1-3H3/b13-6+. The van der Waals surface area contributed by atoms with Gasteiger partial charge in [0.2, 0.25) is 0 Å². The van der Waals surface area contributed by atoms with Gasteiger partial charge in [-0.05, 0) is 12.5 Å². The fourth-order valence-electron chi connectivity index (χ4n) is 1.91. The first kappa shape index (κ1) is 11.3. The number of aromatic amines is 1. The summed E-state index contributed by atoms with van der Waals surface area (Å²) in [7, 11) is 3.22. The van der Waals surface area contributed by atoms with Crippen LogP contribution in [0.4, 0.5) is 0 Å². The Kier molecular flexibility index (Phi) is 2.91. The van der Waals surface area contributed by atoms with E-state index >= 15 is 0 Å². The summed E-state index contributed by atoms with van der Waals surface area (Å²) in [6.07, 6.45) is 1.36. The second kappa shape index (κ2) is 4.37. The molecule has 2 aromatic rings. The molecule has 5 heteroatoms. The van der Waals surface area contributed by atoms with Gasteiger partial charge in [-0.25, -0.2) is 0 Å². The minimum absolute atomic E-state index is 0.711. The highest BCUT2D eigenvalue weighted by Crippen LogP contribution is 2.34. The van der Waals surface area contributed by atoms with E-state index in [-0.39, 0.29) is 0 Å². The van der Waals surface area contributed by atoms with Gasteiger partial charge >= 0.3 is 0 Å². The normalized spacial score (nSPS) is 11.2. The molecule has 0 spiro atoms. The monoisotopic (exact) mass is 234 g/mol. The van der Waals surface area contributed by atoms with Crippen molar-refractivity contribution >= 4 is 17.1 Å². The van der Waals surface area contributed by atoms with Crippen LogP contribution in [0.5, 0.6) is 11.5 Å². The SMILES string of the molecule is COc1cc(OC)c2c(C)c(/C=N/O)[nH]c2c1. The number of H-pyrrole nitrogens is 1. The number of hydrogen-bond acceptors (Lipinski definition) is 4. The van der Waals surface area contributed by atoms with Crippen LogP contribution in [0.1, 0.15) is 11.3 Å². The first-order valence-electron chi connectivity index (χ1n) is 5.13. The molecule has 0 fully saturated rings. The average Bonchev–Trinajstić information content (AvgIpc) is 2.66. The number of benzene rings is 1. The van der Waals surface area contributed by atoms with Gasteiger partial charge in [0.05, 0.1) is 31.6 Å². The van der Waals surface area contributed by atoms with Crippen LogP contribution in [-0.4, -0.2) is 30.6 Å². The van der Waals surface area contributed by atoms with E-state index in [1.165, 1.54) is 6.21 Å². The van der Waals surface area contributed by atoms with Crippen molar-refractivity contribution in [2.75, 3.05) is 14.2 Å². The molecule has 2 N–H and O–H groups in total. The first-order valence-corrected chi connectivity index (χ1v) is 5.13. The second-order valence-corrected chi connectivity index (χ2v) is 3.66. The maximum Gasteiger partial charge on any atom is 0.132 e. The van der Waals surface area contributed by atoms with Crippen LogP contribution in [0.3, 0.4) is 0 Å². The minimum atomic E-state index is 0.711. The van der Waals surface area contributed by atoms with Crippen molar-refractivity contribution in [2.24, 2.45) is 5.16 Å². The number of methoxy groups -OCH3 is 2. The largest absolute Gasteiger partial charge is 0.497 e. The molecule has 17 heavy (non-hydrogen) atoms. The summed E-state index contributed by atoms with van der Waals surface area (Å²) in [4.78, 5) is 3.14. The summed E-state index contributed by atoms with van der Waals surface area (Å²) in [6.45, 7) is 1.94. The summed E-state index contributed by atoms with van der Waals surface area (Å²) < 4.78 is 10.5. The van der Waals surface area contributed by atoms with E-state index in [4.69, 9.17) is 14.7 Å². The lowest BCUT2D eigenvalue weighted by Gasteiger charge is -2.06. The van der Waals surface area contributed by atoms with E-state index in [1.807, 2.05) is 19.1 Å². The highest BCUT2D eigenvalue weighted by atomic mass is 16.5. The lowest BCUT2D eigenvalue weighted by Crippen LogP contribution is -1.88. The Balaban J connectivity index is 2.76. The van der Waals surface area contributed by atoms with E-state index in [1.54, 1.807) is 14.2 Å². The molecule has 0 bridgehead atoms. The molecular weight excluding hydrogens is 220 g/mol. The van der Waals surface area contributed by atoms with Gasteiger partial charge in [0.25, 0.3) is 0 Å². The third-order valence-electron chi connectivity index (χ3n) is 2.77. The summed E-state index contributed by atoms with van der Waals surface area (Å²) >= 11 is 0. The Morgan fingerprint density at radius 3 is 2.65 bits per heavy atom. The van der Waals surface area contributed by atoms with E-state index in [9.17, 15) is 0 Å². The second-order valence-electron chi connectivity index (χ2n) is 3.66. The number of ether oxygens (including phenoxy) is 2. The molecule has 0 atom stereocenters. The van der Waals surface area contributed by atoms with Gasteiger partial charge in [-0.3, -0.25) is 0 Å². The van der Waals surface area contributed by atoms with Crippen molar-refractivity contribution in [1.82, 2.24) is 4.98 Å². The maximum absolute atomic E-state index is 8.59. The molecule has 1 heterocycles. The van der Waals surface area contributed by atoms with Crippen LogP contribution in [-0.2, 0) is 0 Å². The van der Waals surface area contributed by atoms with Gasteiger partial charge in [-0.2, -0.15) is 0 Å². The molecule has 0 radical (unpaired) electrons. The third-order valence-corrected chi connectivity index (χ3v) is 2.77. The first-order chi connectivity index (χ1) is 8.21. The van der Waals surface area contributed by atoms with Crippen LogP contribution < -0.4 is 9.47 Å². The maximum atomic E-state index is 8.59. The molecule has 1 aromatic carbocycles. The van der Waals surface area contributed by atoms with Crippen LogP contribution in [0.15, 0.2) is 17.3 Å². The topological polar surface area (TPSA) is 66.8 Å². The smallest absolute Gasteiger partial charge is 0.132 e. The number of rotatable bonds is 3. The van der Waals surface area contributed by atoms with Gasteiger partial charge in [-0.15, -0.1) is 0 Å². The molecule has 0 aliphatic rings. The van der Waals surface area contributed by atoms with E-state index in [0.29, 0.717) is 5.75 Å². The Morgan fingerprint density at radius 1 is 1.29 bits per heavy atom. The molecule has 0 unspecified atom stereocenters. The zero-order valence-corrected chi connectivity index (χ0v) is 9.94. The van der Waals surface area contributed by atoms with Crippen molar-refractivity contribution < 1.29 is 14.7 Å². The fraction of sp³-hybridized carbons (Fsp3) is 0.250. The van der Waals surface area contributed by atoms with Crippen LogP contribution >= 0.6 is 0 Å². The van der Waals surface area contributed by atoms with Gasteiger partial charge in [0.1, 0.15) is 11.5 Å². The fourth-order valence-corrected chi connectivity index (χ4v) is 1.91. The Hall–Kier alpha value is -2.17. The van der Waals surface area contributed by atoms with E-state index < -0.39 is 0 Å². The Morgan fingerprint density at radius 2 is 2.06 bits per heavy atom. The van der Waals surface area contributed by atoms with Gasteiger partial charge in [0.15, 0.2) is 0 Å². The zero-order chi connectivity index (χ0) is 12.4. The number of oxime groups is 1. The molecule has 5 nitrogen and oxygen atoms in total. The molecule has 0 saturated heterocycles. The van der Waals surface area contributed by atoms with Crippen molar-refractivity contribution in [3.8, 4) is 11.5 Å². The van der Waals surface area contributed by atoms with Crippen molar-refractivity contribution in [1.29, 1.82) is 0 Å². The van der Waals surface area contributed by atoms with Gasteiger partial charge in [-0.1, -0.05) is 5.16 Å². The lowest BCUT2D eigenvalue weighted by atomic mass is 10.1. The number of hydrogen-bond donors (Lipinski definition) is 2. The number of nitrogens with one attached hydrogen (secondary N) is 1. The Bertz CT molecular complexity index is 573. The number of aromatic nitrogens is 1. The zero-order valence-electron chi connectivity index (χ0n) is 9.94. The van der Waals surface area contributed by atoms with Crippen LogP contribution in [0.25, 0.3) is 10.9 Å². The van der Waals surface area contributed by atoms with Crippen molar-refractivity contribution in [3.05, 3.63) is 23.4 Å². The quantitative estimate of drug-likeness (QED) is 0.486. The molecule has 0 aliphatic heterocycles. The molecule has 0 saturated carbocycles. The number of fused-ring (bicyclic) bond motifs is 1. The Labute approximate surface area is 98.7 Å². The van der Waals surface area contributed by atoms with Gasteiger partial charge < -0.3 is 19.7 Å². The van der Waals surface area contributed by atoms with Crippen molar-refractivity contribution in [3.63, 3.8) is 0 Å². The lowest BCUT2D eigenvalue weighted by molar-refractivity contribution is 0.321. The molecule has 0 amide bonds. The summed E-state index contributed by atoms with van der Waals surface area (Å²) in [5, 5.41) is 12.6. The molecule has 2 rings (SSSR count). The highest BCUT2D eigenvalue weighted by molar-refractivity contribution is 5.97. The third kappa shape index (κ3) is 1.80. The summed E-state index contributed by atoms with van der Waals surface area (Å²) in [6, 6.07) is 3.70. The van der Waals surface area contributed by atoms with E-state index in [2.05, 4.69) is 10.1 Å². The van der Waals surface area contributed by atoms with Gasteiger partial charge in [0, 0.05) is 17.5 Å². The number of aryl methyl sites for hydroxylation is 1. The minimum Gasteiger partial charge on any atom is -0.497 e. The van der Waals surface area contributed by atoms with Crippen LogP contribution in [0, 0.1) is 6.92 Å². The predicted molar refractivity (Wildman–Crippen MR) is 65.5 cm³/mol. The molecule has 0 aliphatic carbocycles. The molecule has 90 valence electrons. The highest BCUT2D eigenvalue weighted by Gasteiger charge is 2.12. The molecular formula is C12H14N2O3. The predicted octanol–water partition coefficient (Wildman–Crippen LogP) is 2.30. The molecule has 1 aromatic heterocycles. The van der Waals surface area contributed by atoms with Crippen LogP contribution in [0.2, 0.25) is 0 Å². The van der Waals surface area contributed by atoms with Crippen molar-refractivity contribution in [2.45, 2.75) is 6.92 Å². The van der Waals surface area contributed by atoms with E-state index in [0.717, 1.165) is 27.9 Å². The number of nitrogens with zero attached hydrogens (tertiary/aromatic N) is 1. The average molecular weight is 234 g/mol. The summed E-state index contributed by atoms with van der Waals surface area (Å²) in [5.74, 6) is 1.44.